The minimum atomic E-state index is -0.0601. The van der Waals surface area contributed by atoms with Gasteiger partial charge in [0.05, 0.1) is 6.54 Å². The summed E-state index contributed by atoms with van der Waals surface area (Å²) in [4.78, 5) is 12.6. The topological polar surface area (TPSA) is 43.3 Å². The third kappa shape index (κ3) is 4.17. The maximum atomic E-state index is 12.6. The molecule has 0 fully saturated rings. The normalized spacial score (nSPS) is 14.5. The molecule has 0 saturated carbocycles. The van der Waals surface area contributed by atoms with Crippen LogP contribution >= 0.6 is 0 Å². The van der Waals surface area contributed by atoms with Crippen LogP contribution in [0.2, 0.25) is 0 Å². The van der Waals surface area contributed by atoms with E-state index in [4.69, 9.17) is 4.74 Å². The highest BCUT2D eigenvalue weighted by molar-refractivity contribution is 6.35. The van der Waals surface area contributed by atoms with E-state index >= 15 is 0 Å². The third-order valence-electron chi connectivity index (χ3n) is 6.15. The van der Waals surface area contributed by atoms with Crippen LogP contribution in [-0.4, -0.2) is 17.1 Å². The lowest BCUT2D eigenvalue weighted by Crippen LogP contribution is -2.11. The number of para-hydroxylation sites is 2. The van der Waals surface area contributed by atoms with E-state index in [1.54, 1.807) is 0 Å². The molecule has 0 atom stereocenters. The molecule has 33 heavy (non-hydrogen) atoms. The Labute approximate surface area is 194 Å². The van der Waals surface area contributed by atoms with Crippen molar-refractivity contribution in [1.29, 1.82) is 0 Å². The highest BCUT2D eigenvalue weighted by Crippen LogP contribution is 2.34. The molecule has 0 spiro atoms. The number of hydrogen-bond acceptors (Lipinski definition) is 2. The molecule has 4 nitrogen and oxygen atoms in total. The van der Waals surface area contributed by atoms with E-state index in [2.05, 4.69) is 61.1 Å². The molecule has 3 aromatic carbocycles. The molecule has 4 aromatic rings. The molecule has 5 rings (SSSR count). The predicted molar refractivity (Wildman–Crippen MR) is 136 cm³/mol. The number of fused-ring (bicyclic) bond motifs is 2. The zero-order valence-electron chi connectivity index (χ0n) is 19.3. The van der Waals surface area contributed by atoms with Crippen LogP contribution in [0.25, 0.3) is 22.6 Å². The molecule has 0 radical (unpaired) electrons. The Morgan fingerprint density at radius 2 is 1.67 bits per heavy atom. The van der Waals surface area contributed by atoms with Gasteiger partial charge >= 0.3 is 0 Å². The lowest BCUT2D eigenvalue weighted by atomic mass is 9.87. The van der Waals surface area contributed by atoms with Crippen molar-refractivity contribution in [3.05, 3.63) is 95.7 Å². The van der Waals surface area contributed by atoms with E-state index < -0.39 is 0 Å². The minimum Gasteiger partial charge on any atom is -0.492 e. The number of ether oxygens (including phenoxy) is 1. The fourth-order valence-electron chi connectivity index (χ4n) is 4.33. The van der Waals surface area contributed by atoms with Gasteiger partial charge in [-0.25, -0.2) is 0 Å². The van der Waals surface area contributed by atoms with Crippen molar-refractivity contribution in [3.8, 4) is 5.75 Å². The van der Waals surface area contributed by atoms with Gasteiger partial charge in [0.2, 0.25) is 0 Å². The number of benzene rings is 3. The minimum absolute atomic E-state index is 0.0601. The summed E-state index contributed by atoms with van der Waals surface area (Å²) in [6.45, 7) is 7.91. The van der Waals surface area contributed by atoms with Crippen LogP contribution < -0.4 is 10.1 Å². The molecule has 4 heteroatoms. The monoisotopic (exact) mass is 436 g/mol. The SMILES string of the molecule is CC(C)(C)c1ccc(OCCn2cc(C=C3C(=O)Nc4ccccc43)c3ccccc32)cc1. The molecular weight excluding hydrogens is 408 g/mol. The van der Waals surface area contributed by atoms with Crippen LogP contribution in [0.5, 0.6) is 5.75 Å². The summed E-state index contributed by atoms with van der Waals surface area (Å²) in [6, 6.07) is 24.4. The maximum absolute atomic E-state index is 12.6. The van der Waals surface area contributed by atoms with E-state index in [9.17, 15) is 4.79 Å². The summed E-state index contributed by atoms with van der Waals surface area (Å²) in [5, 5.41) is 4.08. The lowest BCUT2D eigenvalue weighted by molar-refractivity contribution is -0.110. The number of carbonyl (C=O) groups excluding carboxylic acids is 1. The van der Waals surface area contributed by atoms with Crippen LogP contribution in [0.15, 0.2) is 79.0 Å². The second-order valence-electron chi connectivity index (χ2n) is 9.48. The number of anilines is 1. The van der Waals surface area contributed by atoms with Gasteiger partial charge in [0.1, 0.15) is 12.4 Å². The zero-order valence-corrected chi connectivity index (χ0v) is 19.3. The first kappa shape index (κ1) is 21.1. The van der Waals surface area contributed by atoms with Crippen molar-refractivity contribution >= 4 is 34.1 Å². The highest BCUT2D eigenvalue weighted by Gasteiger charge is 2.24. The first-order valence-corrected chi connectivity index (χ1v) is 11.3. The van der Waals surface area contributed by atoms with Gasteiger partial charge in [-0.15, -0.1) is 0 Å². The number of rotatable bonds is 5. The molecule has 166 valence electrons. The number of nitrogens with one attached hydrogen (secondary N) is 1. The molecule has 0 saturated heterocycles. The van der Waals surface area contributed by atoms with Crippen molar-refractivity contribution in [2.75, 3.05) is 11.9 Å². The van der Waals surface area contributed by atoms with Crippen LogP contribution in [0, 0.1) is 0 Å². The van der Waals surface area contributed by atoms with Crippen molar-refractivity contribution in [2.45, 2.75) is 32.7 Å². The van der Waals surface area contributed by atoms with E-state index in [0.29, 0.717) is 18.7 Å². The molecule has 2 heterocycles. The van der Waals surface area contributed by atoms with E-state index in [-0.39, 0.29) is 11.3 Å². The molecule has 0 bridgehead atoms. The summed E-state index contributed by atoms with van der Waals surface area (Å²) in [5.74, 6) is 0.816. The summed E-state index contributed by atoms with van der Waals surface area (Å²) < 4.78 is 8.23. The zero-order chi connectivity index (χ0) is 23.0. The van der Waals surface area contributed by atoms with Gasteiger partial charge < -0.3 is 14.6 Å². The first-order valence-electron chi connectivity index (χ1n) is 11.3. The molecule has 1 N–H and O–H groups in total. The van der Waals surface area contributed by atoms with E-state index in [1.165, 1.54) is 5.56 Å². The van der Waals surface area contributed by atoms with Crippen LogP contribution in [0.4, 0.5) is 5.69 Å². The average molecular weight is 437 g/mol. The highest BCUT2D eigenvalue weighted by atomic mass is 16.5. The van der Waals surface area contributed by atoms with E-state index in [1.807, 2.05) is 54.6 Å². The fraction of sp³-hybridized carbons (Fsp3) is 0.207. The Morgan fingerprint density at radius 3 is 2.45 bits per heavy atom. The number of amides is 1. The first-order chi connectivity index (χ1) is 15.9. The Balaban J connectivity index is 1.38. The summed E-state index contributed by atoms with van der Waals surface area (Å²) >= 11 is 0. The van der Waals surface area contributed by atoms with Crippen molar-refractivity contribution in [2.24, 2.45) is 0 Å². The molecule has 1 amide bonds. The number of carbonyl (C=O) groups is 1. The molecule has 0 unspecified atom stereocenters. The number of nitrogens with zero attached hydrogens (tertiary/aromatic N) is 1. The van der Waals surface area contributed by atoms with Gasteiger partial charge in [-0.05, 0) is 41.3 Å². The fourth-order valence-corrected chi connectivity index (χ4v) is 4.33. The van der Waals surface area contributed by atoms with Gasteiger partial charge in [0, 0.05) is 39.5 Å². The van der Waals surface area contributed by atoms with Gasteiger partial charge in [-0.3, -0.25) is 4.79 Å². The standard InChI is InChI=1S/C29H28N2O2/c1-29(2,3)21-12-14-22(15-13-21)33-17-16-31-19-20(23-8-5-7-11-27(23)31)18-25-24-9-4-6-10-26(24)30-28(25)32/h4-15,18-19H,16-17H2,1-3H3,(H,30,32). The summed E-state index contributed by atoms with van der Waals surface area (Å²) in [5.41, 5.74) is 6.09. The summed E-state index contributed by atoms with van der Waals surface area (Å²) in [7, 11) is 0. The maximum Gasteiger partial charge on any atom is 0.256 e. The van der Waals surface area contributed by atoms with Gasteiger partial charge in [0.15, 0.2) is 0 Å². The van der Waals surface area contributed by atoms with Crippen molar-refractivity contribution < 1.29 is 9.53 Å². The van der Waals surface area contributed by atoms with Gasteiger partial charge in [0.25, 0.3) is 5.91 Å². The number of hydrogen-bond donors (Lipinski definition) is 1. The van der Waals surface area contributed by atoms with Crippen molar-refractivity contribution in [3.63, 3.8) is 0 Å². The quantitative estimate of drug-likeness (QED) is 0.362. The third-order valence-corrected chi connectivity index (χ3v) is 6.15. The average Bonchev–Trinajstić information content (AvgIpc) is 3.31. The second kappa shape index (κ2) is 8.28. The molecule has 1 aliphatic heterocycles. The van der Waals surface area contributed by atoms with Crippen LogP contribution in [-0.2, 0) is 16.8 Å². The Bertz CT molecular complexity index is 1350. The molecule has 0 aliphatic carbocycles. The molecular formula is C29H28N2O2. The Hall–Kier alpha value is -3.79. The molecule has 1 aliphatic rings. The van der Waals surface area contributed by atoms with Crippen LogP contribution in [0.3, 0.4) is 0 Å². The Kier molecular flexibility index (Phi) is 5.29. The predicted octanol–water partition coefficient (Wildman–Crippen LogP) is 6.51. The van der Waals surface area contributed by atoms with Crippen LogP contribution in [0.1, 0.15) is 37.5 Å². The largest absolute Gasteiger partial charge is 0.492 e. The van der Waals surface area contributed by atoms with Crippen molar-refractivity contribution in [1.82, 2.24) is 4.57 Å². The smallest absolute Gasteiger partial charge is 0.256 e. The van der Waals surface area contributed by atoms with E-state index in [0.717, 1.165) is 33.5 Å². The van der Waals surface area contributed by atoms with Gasteiger partial charge in [-0.1, -0.05) is 69.3 Å². The Morgan fingerprint density at radius 1 is 0.939 bits per heavy atom. The van der Waals surface area contributed by atoms with Gasteiger partial charge in [-0.2, -0.15) is 0 Å². The summed E-state index contributed by atoms with van der Waals surface area (Å²) in [6.07, 6.45) is 4.10. The second-order valence-corrected chi connectivity index (χ2v) is 9.48. The number of aromatic nitrogens is 1. The molecule has 1 aromatic heterocycles. The lowest BCUT2D eigenvalue weighted by Gasteiger charge is -2.19.